The summed E-state index contributed by atoms with van der Waals surface area (Å²) >= 11 is 5.64. The summed E-state index contributed by atoms with van der Waals surface area (Å²) in [7, 11) is 0. The lowest BCUT2D eigenvalue weighted by molar-refractivity contribution is 0.0985. The van der Waals surface area contributed by atoms with Gasteiger partial charge >= 0.3 is 0 Å². The molecule has 0 bridgehead atoms. The van der Waals surface area contributed by atoms with Crippen molar-refractivity contribution in [3.05, 3.63) is 46.8 Å². The lowest BCUT2D eigenvalue weighted by Crippen LogP contribution is -2.12. The highest BCUT2D eigenvalue weighted by Gasteiger charge is 2.16. The SMILES string of the molecule is CCn1ncnc1CC(=O)c1cccc(Cl)c1F. The zero-order valence-corrected chi connectivity index (χ0v) is 10.5. The van der Waals surface area contributed by atoms with Gasteiger partial charge < -0.3 is 0 Å². The number of hydrogen-bond donors (Lipinski definition) is 0. The van der Waals surface area contributed by atoms with Gasteiger partial charge in [0.1, 0.15) is 12.2 Å². The molecular weight excluding hydrogens is 257 g/mol. The molecule has 2 aromatic rings. The predicted molar refractivity (Wildman–Crippen MR) is 65.1 cm³/mol. The Morgan fingerprint density at radius 2 is 2.28 bits per heavy atom. The lowest BCUT2D eigenvalue weighted by atomic mass is 10.1. The average Bonchev–Trinajstić information content (AvgIpc) is 2.79. The van der Waals surface area contributed by atoms with Crippen molar-refractivity contribution >= 4 is 17.4 Å². The summed E-state index contributed by atoms with van der Waals surface area (Å²) in [4.78, 5) is 16.0. The molecule has 0 aliphatic rings. The van der Waals surface area contributed by atoms with Gasteiger partial charge in [-0.3, -0.25) is 4.79 Å². The number of carbonyl (C=O) groups excluding carboxylic acids is 1. The number of nitrogens with zero attached hydrogens (tertiary/aromatic N) is 3. The van der Waals surface area contributed by atoms with E-state index in [9.17, 15) is 9.18 Å². The predicted octanol–water partition coefficient (Wildman–Crippen LogP) is 2.52. The van der Waals surface area contributed by atoms with Gasteiger partial charge in [0.25, 0.3) is 0 Å². The molecule has 94 valence electrons. The van der Waals surface area contributed by atoms with Crippen molar-refractivity contribution in [2.45, 2.75) is 19.9 Å². The summed E-state index contributed by atoms with van der Waals surface area (Å²) in [5.41, 5.74) is -0.0202. The Morgan fingerprint density at radius 1 is 1.50 bits per heavy atom. The number of Topliss-reactive ketones (excluding diaryl/α,β-unsaturated/α-hetero) is 1. The fraction of sp³-hybridized carbons (Fsp3) is 0.250. The second-order valence-electron chi connectivity index (χ2n) is 3.69. The Bertz CT molecular complexity index is 582. The summed E-state index contributed by atoms with van der Waals surface area (Å²) in [6, 6.07) is 4.36. The van der Waals surface area contributed by atoms with Crippen molar-refractivity contribution in [3.8, 4) is 0 Å². The number of aryl methyl sites for hydroxylation is 1. The van der Waals surface area contributed by atoms with Crippen LogP contribution in [0.3, 0.4) is 0 Å². The van der Waals surface area contributed by atoms with E-state index in [-0.39, 0.29) is 22.8 Å². The minimum absolute atomic E-state index is 0.00506. The van der Waals surface area contributed by atoms with Crippen LogP contribution in [0.15, 0.2) is 24.5 Å². The molecule has 1 aromatic carbocycles. The second kappa shape index (κ2) is 5.27. The van der Waals surface area contributed by atoms with Crippen LogP contribution in [0.1, 0.15) is 23.1 Å². The third-order valence-corrected chi connectivity index (χ3v) is 2.86. The highest BCUT2D eigenvalue weighted by atomic mass is 35.5. The van der Waals surface area contributed by atoms with Crippen molar-refractivity contribution in [2.24, 2.45) is 0 Å². The third kappa shape index (κ3) is 2.41. The molecule has 0 unspecified atom stereocenters. The van der Waals surface area contributed by atoms with Crippen LogP contribution >= 0.6 is 11.6 Å². The maximum absolute atomic E-state index is 13.7. The van der Waals surface area contributed by atoms with Crippen molar-refractivity contribution in [3.63, 3.8) is 0 Å². The third-order valence-electron chi connectivity index (χ3n) is 2.57. The molecule has 2 rings (SSSR count). The van der Waals surface area contributed by atoms with Crippen LogP contribution in [-0.4, -0.2) is 20.5 Å². The number of hydrogen-bond acceptors (Lipinski definition) is 3. The molecule has 0 aliphatic heterocycles. The van der Waals surface area contributed by atoms with Crippen LogP contribution < -0.4 is 0 Å². The average molecular weight is 268 g/mol. The van der Waals surface area contributed by atoms with Gasteiger partial charge in [0, 0.05) is 6.54 Å². The first kappa shape index (κ1) is 12.7. The molecule has 0 saturated carbocycles. The number of aromatic nitrogens is 3. The molecule has 0 fully saturated rings. The fourth-order valence-electron chi connectivity index (χ4n) is 1.65. The molecule has 0 saturated heterocycles. The van der Waals surface area contributed by atoms with Gasteiger partial charge in [0.2, 0.25) is 0 Å². The van der Waals surface area contributed by atoms with E-state index < -0.39 is 5.82 Å². The van der Waals surface area contributed by atoms with Crippen LogP contribution in [0, 0.1) is 5.82 Å². The largest absolute Gasteiger partial charge is 0.294 e. The van der Waals surface area contributed by atoms with Crippen molar-refractivity contribution in [2.75, 3.05) is 0 Å². The highest BCUT2D eigenvalue weighted by molar-refractivity contribution is 6.31. The maximum Gasteiger partial charge on any atom is 0.173 e. The molecule has 1 heterocycles. The second-order valence-corrected chi connectivity index (χ2v) is 4.10. The van der Waals surface area contributed by atoms with E-state index in [1.807, 2.05) is 6.92 Å². The number of benzene rings is 1. The fourth-order valence-corrected chi connectivity index (χ4v) is 1.82. The highest BCUT2D eigenvalue weighted by Crippen LogP contribution is 2.19. The van der Waals surface area contributed by atoms with Crippen LogP contribution in [0.4, 0.5) is 4.39 Å². The van der Waals surface area contributed by atoms with E-state index in [2.05, 4.69) is 10.1 Å². The topological polar surface area (TPSA) is 47.8 Å². The zero-order valence-electron chi connectivity index (χ0n) is 9.73. The Hall–Kier alpha value is -1.75. The Kier molecular flexibility index (Phi) is 3.72. The summed E-state index contributed by atoms with van der Waals surface area (Å²) in [6.07, 6.45) is 1.38. The molecule has 0 spiro atoms. The molecule has 0 aliphatic carbocycles. The van der Waals surface area contributed by atoms with E-state index in [0.717, 1.165) is 0 Å². The number of halogens is 2. The van der Waals surface area contributed by atoms with E-state index in [1.54, 1.807) is 10.7 Å². The minimum atomic E-state index is -0.688. The van der Waals surface area contributed by atoms with E-state index in [0.29, 0.717) is 12.4 Å². The Labute approximate surface area is 108 Å². The molecular formula is C12H11ClFN3O. The maximum atomic E-state index is 13.7. The van der Waals surface area contributed by atoms with Crippen LogP contribution in [-0.2, 0) is 13.0 Å². The standard InChI is InChI=1S/C12H11ClFN3O/c1-2-17-11(15-7-16-17)6-10(18)8-4-3-5-9(13)12(8)14/h3-5,7H,2,6H2,1H3. The molecule has 6 heteroatoms. The molecule has 18 heavy (non-hydrogen) atoms. The van der Waals surface area contributed by atoms with E-state index in [1.165, 1.54) is 18.5 Å². The molecule has 0 atom stereocenters. The molecule has 1 aromatic heterocycles. The summed E-state index contributed by atoms with van der Waals surface area (Å²) in [6.45, 7) is 2.50. The van der Waals surface area contributed by atoms with Crippen LogP contribution in [0.2, 0.25) is 5.02 Å². The first-order chi connectivity index (χ1) is 8.63. The van der Waals surface area contributed by atoms with Crippen molar-refractivity contribution < 1.29 is 9.18 Å². The minimum Gasteiger partial charge on any atom is -0.294 e. The summed E-state index contributed by atoms with van der Waals surface area (Å²) in [5, 5.41) is 3.90. The number of rotatable bonds is 4. The van der Waals surface area contributed by atoms with Crippen LogP contribution in [0.5, 0.6) is 0 Å². The van der Waals surface area contributed by atoms with Gasteiger partial charge in [-0.2, -0.15) is 5.10 Å². The van der Waals surface area contributed by atoms with E-state index in [4.69, 9.17) is 11.6 Å². The Balaban J connectivity index is 2.25. The van der Waals surface area contributed by atoms with Gasteiger partial charge in [0.15, 0.2) is 11.6 Å². The van der Waals surface area contributed by atoms with Gasteiger partial charge in [0.05, 0.1) is 17.0 Å². The molecule has 4 nitrogen and oxygen atoms in total. The monoisotopic (exact) mass is 267 g/mol. The Morgan fingerprint density at radius 3 is 3.00 bits per heavy atom. The first-order valence-corrected chi connectivity index (χ1v) is 5.85. The lowest BCUT2D eigenvalue weighted by Gasteiger charge is -2.04. The van der Waals surface area contributed by atoms with Gasteiger partial charge in [-0.15, -0.1) is 0 Å². The first-order valence-electron chi connectivity index (χ1n) is 5.47. The van der Waals surface area contributed by atoms with Gasteiger partial charge in [-0.25, -0.2) is 14.1 Å². The smallest absolute Gasteiger partial charge is 0.173 e. The quantitative estimate of drug-likeness (QED) is 0.800. The molecule has 0 radical (unpaired) electrons. The summed E-state index contributed by atoms with van der Waals surface area (Å²) in [5.74, 6) is -0.536. The number of ketones is 1. The van der Waals surface area contributed by atoms with E-state index >= 15 is 0 Å². The zero-order chi connectivity index (χ0) is 13.1. The molecule has 0 N–H and O–H groups in total. The van der Waals surface area contributed by atoms with Crippen molar-refractivity contribution in [1.82, 2.24) is 14.8 Å². The summed E-state index contributed by atoms with van der Waals surface area (Å²) < 4.78 is 15.3. The van der Waals surface area contributed by atoms with Crippen molar-refractivity contribution in [1.29, 1.82) is 0 Å². The van der Waals surface area contributed by atoms with Crippen LogP contribution in [0.25, 0.3) is 0 Å². The molecule has 0 amide bonds. The van der Waals surface area contributed by atoms with Gasteiger partial charge in [-0.05, 0) is 19.1 Å². The van der Waals surface area contributed by atoms with Gasteiger partial charge in [-0.1, -0.05) is 17.7 Å². The normalized spacial score (nSPS) is 10.6. The number of carbonyl (C=O) groups is 1.